The molecule has 4 nitrogen and oxygen atoms in total. The third-order valence-corrected chi connectivity index (χ3v) is 3.45. The summed E-state index contributed by atoms with van der Waals surface area (Å²) in [6.45, 7) is 4.29. The third-order valence-electron chi connectivity index (χ3n) is 3.24. The van der Waals surface area contributed by atoms with E-state index in [-0.39, 0.29) is 11.9 Å². The van der Waals surface area contributed by atoms with Gasteiger partial charge in [0.1, 0.15) is 5.69 Å². The summed E-state index contributed by atoms with van der Waals surface area (Å²) in [4.78, 5) is 12.0. The zero-order chi connectivity index (χ0) is 13.3. The summed E-state index contributed by atoms with van der Waals surface area (Å²) < 4.78 is 1.83. The lowest BCUT2D eigenvalue weighted by Gasteiger charge is -2.14. The maximum absolute atomic E-state index is 12.0. The molecule has 1 aliphatic rings. The number of aliphatic hydroxyl groups excluding tert-OH is 1. The second-order valence-corrected chi connectivity index (χ2v) is 5.60. The summed E-state index contributed by atoms with van der Waals surface area (Å²) in [7, 11) is 0. The Kier molecular flexibility index (Phi) is 3.97. The summed E-state index contributed by atoms with van der Waals surface area (Å²) in [5.41, 5.74) is 0.540. The molecule has 0 radical (unpaired) electrons. The molecule has 1 saturated carbocycles. The van der Waals surface area contributed by atoms with Crippen molar-refractivity contribution in [3.05, 3.63) is 23.0 Å². The lowest BCUT2D eigenvalue weighted by molar-refractivity contribution is 0.0891. The molecule has 1 unspecified atom stereocenters. The molecule has 1 aliphatic carbocycles. The molecule has 0 aromatic carbocycles. The first-order valence-electron chi connectivity index (χ1n) is 6.32. The number of hydrogen-bond acceptors (Lipinski definition) is 2. The summed E-state index contributed by atoms with van der Waals surface area (Å²) in [5, 5.41) is 13.0. The molecular weight excluding hydrogens is 252 g/mol. The van der Waals surface area contributed by atoms with Crippen LogP contribution in [0.1, 0.15) is 43.2 Å². The summed E-state index contributed by atoms with van der Waals surface area (Å²) in [5.74, 6) is 0.182. The fourth-order valence-electron chi connectivity index (χ4n) is 1.99. The Morgan fingerprint density at radius 2 is 2.28 bits per heavy atom. The van der Waals surface area contributed by atoms with Gasteiger partial charge in [0, 0.05) is 18.8 Å². The number of aromatic nitrogens is 1. The molecule has 2 N–H and O–H groups in total. The largest absolute Gasteiger partial charge is 0.391 e. The van der Waals surface area contributed by atoms with E-state index in [2.05, 4.69) is 5.32 Å². The second-order valence-electron chi connectivity index (χ2n) is 5.16. The topological polar surface area (TPSA) is 54.3 Å². The van der Waals surface area contributed by atoms with E-state index in [1.807, 2.05) is 18.4 Å². The van der Waals surface area contributed by atoms with Gasteiger partial charge < -0.3 is 15.0 Å². The van der Waals surface area contributed by atoms with Crippen molar-refractivity contribution in [2.45, 2.75) is 38.8 Å². The molecule has 1 atom stereocenters. The highest BCUT2D eigenvalue weighted by Gasteiger charge is 2.30. The van der Waals surface area contributed by atoms with Crippen molar-refractivity contribution in [1.82, 2.24) is 9.88 Å². The predicted molar refractivity (Wildman–Crippen MR) is 70.9 cm³/mol. The molecule has 1 heterocycles. The molecule has 100 valence electrons. The number of amides is 1. The number of hydrogen-bond donors (Lipinski definition) is 2. The van der Waals surface area contributed by atoms with E-state index < -0.39 is 6.10 Å². The number of aliphatic hydroxyl groups is 1. The maximum atomic E-state index is 12.0. The van der Waals surface area contributed by atoms with E-state index in [9.17, 15) is 9.90 Å². The molecule has 1 aromatic heterocycles. The number of carbonyl (C=O) groups is 1. The molecule has 0 saturated heterocycles. The minimum atomic E-state index is -0.424. The van der Waals surface area contributed by atoms with Crippen molar-refractivity contribution in [3.8, 4) is 0 Å². The first-order valence-corrected chi connectivity index (χ1v) is 6.70. The van der Waals surface area contributed by atoms with Crippen LogP contribution in [0.4, 0.5) is 0 Å². The van der Waals surface area contributed by atoms with Gasteiger partial charge in [0.25, 0.3) is 5.91 Å². The zero-order valence-corrected chi connectivity index (χ0v) is 11.4. The smallest absolute Gasteiger partial charge is 0.268 e. The van der Waals surface area contributed by atoms with Crippen LogP contribution in [0, 0.1) is 5.92 Å². The molecule has 2 rings (SSSR count). The predicted octanol–water partition coefficient (Wildman–Crippen LogP) is 2.22. The average molecular weight is 271 g/mol. The Balaban J connectivity index is 1.99. The SMILES string of the molecule is CC(C)n1cc(Cl)cc1C(=O)NCC(O)C1CC1. The standard InChI is InChI=1S/C13H19ClN2O2/c1-8(2)16-7-10(14)5-11(16)13(18)15-6-12(17)9-3-4-9/h5,7-9,12,17H,3-4,6H2,1-2H3,(H,15,18). The van der Waals surface area contributed by atoms with E-state index >= 15 is 0 Å². The molecular formula is C13H19ClN2O2. The Morgan fingerprint density at radius 1 is 1.61 bits per heavy atom. The molecule has 0 bridgehead atoms. The van der Waals surface area contributed by atoms with Crippen molar-refractivity contribution in [2.75, 3.05) is 6.54 Å². The normalized spacial score (nSPS) is 16.9. The zero-order valence-electron chi connectivity index (χ0n) is 10.7. The van der Waals surface area contributed by atoms with Gasteiger partial charge in [-0.05, 0) is 38.7 Å². The van der Waals surface area contributed by atoms with Crippen LogP contribution < -0.4 is 5.32 Å². The lowest BCUT2D eigenvalue weighted by Crippen LogP contribution is -2.34. The third kappa shape index (κ3) is 3.06. The molecule has 0 spiro atoms. The van der Waals surface area contributed by atoms with Crippen molar-refractivity contribution in [2.24, 2.45) is 5.92 Å². The fourth-order valence-corrected chi connectivity index (χ4v) is 2.20. The number of halogens is 1. The van der Waals surface area contributed by atoms with Crippen LogP contribution in [-0.2, 0) is 0 Å². The van der Waals surface area contributed by atoms with E-state index in [4.69, 9.17) is 11.6 Å². The second kappa shape index (κ2) is 5.33. The van der Waals surface area contributed by atoms with E-state index in [1.165, 1.54) is 0 Å². The number of rotatable bonds is 5. The highest BCUT2D eigenvalue weighted by Crippen LogP contribution is 2.32. The van der Waals surface area contributed by atoms with E-state index in [0.29, 0.717) is 23.2 Å². The first-order chi connectivity index (χ1) is 8.49. The van der Waals surface area contributed by atoms with Crippen molar-refractivity contribution >= 4 is 17.5 Å². The van der Waals surface area contributed by atoms with Gasteiger partial charge in [-0.25, -0.2) is 0 Å². The van der Waals surface area contributed by atoms with Gasteiger partial charge in [-0.1, -0.05) is 11.6 Å². The van der Waals surface area contributed by atoms with Gasteiger partial charge in [-0.3, -0.25) is 4.79 Å². The summed E-state index contributed by atoms with van der Waals surface area (Å²) in [6, 6.07) is 1.83. The van der Waals surface area contributed by atoms with Crippen LogP contribution in [0.5, 0.6) is 0 Å². The van der Waals surface area contributed by atoms with Gasteiger partial charge in [0.15, 0.2) is 0 Å². The molecule has 1 amide bonds. The van der Waals surface area contributed by atoms with Gasteiger partial charge in [-0.15, -0.1) is 0 Å². The van der Waals surface area contributed by atoms with Crippen LogP contribution in [-0.4, -0.2) is 28.2 Å². The van der Waals surface area contributed by atoms with Crippen LogP contribution in [0.25, 0.3) is 0 Å². The quantitative estimate of drug-likeness (QED) is 0.862. The minimum absolute atomic E-state index is 0.173. The van der Waals surface area contributed by atoms with E-state index in [0.717, 1.165) is 12.8 Å². The van der Waals surface area contributed by atoms with E-state index in [1.54, 1.807) is 12.3 Å². The average Bonchev–Trinajstić information content (AvgIpc) is 3.08. The number of carbonyl (C=O) groups excluding carboxylic acids is 1. The monoisotopic (exact) mass is 270 g/mol. The van der Waals surface area contributed by atoms with Crippen molar-refractivity contribution < 1.29 is 9.90 Å². The van der Waals surface area contributed by atoms with Crippen molar-refractivity contribution in [1.29, 1.82) is 0 Å². The Bertz CT molecular complexity index is 438. The highest BCUT2D eigenvalue weighted by molar-refractivity contribution is 6.31. The number of nitrogens with one attached hydrogen (secondary N) is 1. The fraction of sp³-hybridized carbons (Fsp3) is 0.615. The lowest BCUT2D eigenvalue weighted by atomic mass is 10.2. The summed E-state index contributed by atoms with van der Waals surface area (Å²) >= 11 is 5.93. The van der Waals surface area contributed by atoms with Crippen LogP contribution in [0.2, 0.25) is 5.02 Å². The molecule has 18 heavy (non-hydrogen) atoms. The molecule has 1 aromatic rings. The Morgan fingerprint density at radius 3 is 2.83 bits per heavy atom. The van der Waals surface area contributed by atoms with Gasteiger partial charge in [0.2, 0.25) is 0 Å². The minimum Gasteiger partial charge on any atom is -0.391 e. The van der Waals surface area contributed by atoms with Crippen LogP contribution in [0.3, 0.4) is 0 Å². The number of nitrogens with zero attached hydrogens (tertiary/aromatic N) is 1. The van der Waals surface area contributed by atoms with Gasteiger partial charge >= 0.3 is 0 Å². The van der Waals surface area contributed by atoms with Crippen LogP contribution in [0.15, 0.2) is 12.3 Å². The van der Waals surface area contributed by atoms with Crippen molar-refractivity contribution in [3.63, 3.8) is 0 Å². The molecule has 1 fully saturated rings. The van der Waals surface area contributed by atoms with Crippen LogP contribution >= 0.6 is 11.6 Å². The summed E-state index contributed by atoms with van der Waals surface area (Å²) in [6.07, 6.45) is 3.45. The first kappa shape index (κ1) is 13.4. The Hall–Kier alpha value is -1.00. The molecule has 0 aliphatic heterocycles. The highest BCUT2D eigenvalue weighted by atomic mass is 35.5. The Labute approximate surface area is 112 Å². The maximum Gasteiger partial charge on any atom is 0.268 e. The molecule has 5 heteroatoms. The van der Waals surface area contributed by atoms with Gasteiger partial charge in [-0.2, -0.15) is 0 Å². The van der Waals surface area contributed by atoms with Gasteiger partial charge in [0.05, 0.1) is 11.1 Å².